The van der Waals surface area contributed by atoms with Crippen LogP contribution in [-0.4, -0.2) is 60.6 Å². The molecule has 1 aromatic rings. The standard InChI is InChI=1S/C26H36N4O4/c1-4-8-18-15-22-30(26(33)21(13-14-34-22)29-24(31)16(2)27-3)23(18)25(32)28-20-12-7-10-17-9-5-6-11-19(17)20/h4-6,9,11,16,18,20-23,27H,1,7-8,10,12-15H2,2-3H3,(H,28,32)(H,29,31)/t16-,18?,20+,21-,22?,23?/m0/s1. The SMILES string of the molecule is C=CCC1CC2OCC[C@H](NC(=O)[C@H](C)NC)C(=O)N2C1C(=O)N[C@@H]1CCCc2ccccc21. The van der Waals surface area contributed by atoms with Crippen LogP contribution in [0, 0.1) is 5.92 Å². The molecule has 34 heavy (non-hydrogen) atoms. The van der Waals surface area contributed by atoms with Crippen molar-refractivity contribution >= 4 is 17.7 Å². The molecule has 1 aromatic carbocycles. The lowest BCUT2D eigenvalue weighted by atomic mass is 9.87. The molecule has 1 aliphatic carbocycles. The number of nitrogens with zero attached hydrogens (tertiary/aromatic N) is 1. The van der Waals surface area contributed by atoms with Gasteiger partial charge in [-0.1, -0.05) is 30.3 Å². The second-order valence-corrected chi connectivity index (χ2v) is 9.55. The van der Waals surface area contributed by atoms with Gasteiger partial charge in [-0.15, -0.1) is 6.58 Å². The first-order valence-corrected chi connectivity index (χ1v) is 12.3. The Kier molecular flexibility index (Phi) is 7.68. The number of hydrogen-bond donors (Lipinski definition) is 3. The quantitative estimate of drug-likeness (QED) is 0.530. The van der Waals surface area contributed by atoms with Crippen LogP contribution in [0.5, 0.6) is 0 Å². The molecule has 6 atom stereocenters. The van der Waals surface area contributed by atoms with Crippen LogP contribution in [0.25, 0.3) is 0 Å². The molecule has 3 amide bonds. The van der Waals surface area contributed by atoms with Gasteiger partial charge >= 0.3 is 0 Å². The summed E-state index contributed by atoms with van der Waals surface area (Å²) in [6.45, 7) is 5.95. The van der Waals surface area contributed by atoms with Crippen LogP contribution in [0.3, 0.4) is 0 Å². The second kappa shape index (κ2) is 10.7. The summed E-state index contributed by atoms with van der Waals surface area (Å²) >= 11 is 0. The molecular weight excluding hydrogens is 432 g/mol. The van der Waals surface area contributed by atoms with Crippen LogP contribution in [0.1, 0.15) is 56.2 Å². The molecule has 0 bridgehead atoms. The van der Waals surface area contributed by atoms with Gasteiger partial charge in [-0.3, -0.25) is 14.4 Å². The number of rotatable bonds is 7. The molecule has 184 valence electrons. The van der Waals surface area contributed by atoms with Crippen molar-refractivity contribution in [2.75, 3.05) is 13.7 Å². The number of amides is 3. The van der Waals surface area contributed by atoms with E-state index in [1.165, 1.54) is 5.56 Å². The topological polar surface area (TPSA) is 99.8 Å². The molecule has 0 saturated carbocycles. The van der Waals surface area contributed by atoms with Crippen LogP contribution < -0.4 is 16.0 Å². The number of fused-ring (bicyclic) bond motifs is 2. The minimum atomic E-state index is -0.721. The average Bonchev–Trinajstić information content (AvgIpc) is 3.13. The minimum absolute atomic E-state index is 0.0733. The monoisotopic (exact) mass is 468 g/mol. The van der Waals surface area contributed by atoms with Crippen molar-refractivity contribution in [2.45, 2.75) is 75.8 Å². The van der Waals surface area contributed by atoms with Crippen molar-refractivity contribution in [3.05, 3.63) is 48.0 Å². The summed E-state index contributed by atoms with van der Waals surface area (Å²) in [7, 11) is 1.70. The third-order valence-corrected chi connectivity index (χ3v) is 7.40. The Morgan fingerprint density at radius 1 is 1.24 bits per heavy atom. The maximum Gasteiger partial charge on any atom is 0.247 e. The highest BCUT2D eigenvalue weighted by Crippen LogP contribution is 2.37. The van der Waals surface area contributed by atoms with Crippen molar-refractivity contribution in [1.82, 2.24) is 20.9 Å². The molecule has 2 fully saturated rings. The molecule has 3 N–H and O–H groups in total. The van der Waals surface area contributed by atoms with E-state index < -0.39 is 24.4 Å². The summed E-state index contributed by atoms with van der Waals surface area (Å²) in [5, 5.41) is 8.98. The zero-order chi connectivity index (χ0) is 24.2. The summed E-state index contributed by atoms with van der Waals surface area (Å²) in [5.74, 6) is -0.754. The first-order chi connectivity index (χ1) is 16.4. The molecule has 3 unspecified atom stereocenters. The Hall–Kier alpha value is -2.71. The van der Waals surface area contributed by atoms with E-state index in [-0.39, 0.29) is 29.7 Å². The lowest BCUT2D eigenvalue weighted by Gasteiger charge is -2.33. The summed E-state index contributed by atoms with van der Waals surface area (Å²) in [6, 6.07) is 6.34. The van der Waals surface area contributed by atoms with Crippen molar-refractivity contribution < 1.29 is 19.1 Å². The minimum Gasteiger partial charge on any atom is -0.358 e. The Labute approximate surface area is 201 Å². The highest BCUT2D eigenvalue weighted by molar-refractivity contribution is 5.94. The Morgan fingerprint density at radius 3 is 2.79 bits per heavy atom. The van der Waals surface area contributed by atoms with Gasteiger partial charge < -0.3 is 25.6 Å². The summed E-state index contributed by atoms with van der Waals surface area (Å²) in [6.07, 6.45) is 5.77. The van der Waals surface area contributed by atoms with E-state index in [0.29, 0.717) is 25.9 Å². The Balaban J connectivity index is 1.56. The number of carbonyl (C=O) groups is 3. The average molecular weight is 469 g/mol. The van der Waals surface area contributed by atoms with Gasteiger partial charge in [0.2, 0.25) is 17.7 Å². The number of likely N-dealkylation sites (N-methyl/N-ethyl adjacent to an activating group) is 1. The number of carbonyl (C=O) groups excluding carboxylic acids is 3. The van der Waals surface area contributed by atoms with E-state index in [4.69, 9.17) is 4.74 Å². The predicted molar refractivity (Wildman–Crippen MR) is 129 cm³/mol. The maximum absolute atomic E-state index is 13.7. The fraction of sp³-hybridized carbons (Fsp3) is 0.577. The largest absolute Gasteiger partial charge is 0.358 e. The highest BCUT2D eigenvalue weighted by Gasteiger charge is 2.50. The lowest BCUT2D eigenvalue weighted by Crippen LogP contribution is -2.57. The van der Waals surface area contributed by atoms with Gasteiger partial charge in [-0.25, -0.2) is 0 Å². The summed E-state index contributed by atoms with van der Waals surface area (Å²) in [4.78, 5) is 41.4. The first kappa shape index (κ1) is 24.4. The highest BCUT2D eigenvalue weighted by atomic mass is 16.5. The van der Waals surface area contributed by atoms with Gasteiger partial charge in [0.15, 0.2) is 0 Å². The van der Waals surface area contributed by atoms with E-state index >= 15 is 0 Å². The lowest BCUT2D eigenvalue weighted by molar-refractivity contribution is -0.149. The van der Waals surface area contributed by atoms with Crippen LogP contribution in [0.4, 0.5) is 0 Å². The Bertz CT molecular complexity index is 935. The number of hydrogen-bond acceptors (Lipinski definition) is 5. The second-order valence-electron chi connectivity index (χ2n) is 9.55. The van der Waals surface area contributed by atoms with Crippen molar-refractivity contribution in [2.24, 2.45) is 5.92 Å². The van der Waals surface area contributed by atoms with Crippen molar-refractivity contribution in [3.63, 3.8) is 0 Å². The van der Waals surface area contributed by atoms with Gasteiger partial charge in [0.25, 0.3) is 0 Å². The maximum atomic E-state index is 13.7. The summed E-state index contributed by atoms with van der Waals surface area (Å²) in [5.41, 5.74) is 2.42. The molecule has 2 saturated heterocycles. The molecule has 0 radical (unpaired) electrons. The van der Waals surface area contributed by atoms with Crippen LogP contribution >= 0.6 is 0 Å². The van der Waals surface area contributed by atoms with E-state index in [2.05, 4.69) is 34.7 Å². The fourth-order valence-corrected chi connectivity index (χ4v) is 5.46. The van der Waals surface area contributed by atoms with Crippen LogP contribution in [0.15, 0.2) is 36.9 Å². The molecule has 2 heterocycles. The molecule has 0 spiro atoms. The van der Waals surface area contributed by atoms with E-state index in [0.717, 1.165) is 24.8 Å². The zero-order valence-electron chi connectivity index (χ0n) is 20.1. The van der Waals surface area contributed by atoms with Crippen molar-refractivity contribution in [1.29, 1.82) is 0 Å². The zero-order valence-corrected chi connectivity index (χ0v) is 20.1. The predicted octanol–water partition coefficient (Wildman–Crippen LogP) is 1.81. The van der Waals surface area contributed by atoms with E-state index in [1.807, 2.05) is 12.1 Å². The Morgan fingerprint density at radius 2 is 2.03 bits per heavy atom. The number of ether oxygens (including phenoxy) is 1. The van der Waals surface area contributed by atoms with Crippen LogP contribution in [0.2, 0.25) is 0 Å². The molecular formula is C26H36N4O4. The van der Waals surface area contributed by atoms with Crippen LogP contribution in [-0.2, 0) is 25.5 Å². The molecule has 0 aromatic heterocycles. The van der Waals surface area contributed by atoms with Gasteiger partial charge in [-0.05, 0) is 63.1 Å². The number of allylic oxidation sites excluding steroid dienone is 1. The molecule has 8 nitrogen and oxygen atoms in total. The van der Waals surface area contributed by atoms with Gasteiger partial charge in [-0.2, -0.15) is 0 Å². The number of aryl methyl sites for hydroxylation is 1. The summed E-state index contributed by atoms with van der Waals surface area (Å²) < 4.78 is 6.02. The first-order valence-electron chi connectivity index (χ1n) is 12.3. The molecule has 2 aliphatic heterocycles. The fourth-order valence-electron chi connectivity index (χ4n) is 5.46. The van der Waals surface area contributed by atoms with E-state index in [1.54, 1.807) is 24.9 Å². The van der Waals surface area contributed by atoms with E-state index in [9.17, 15) is 14.4 Å². The normalized spacial score (nSPS) is 29.4. The third kappa shape index (κ3) is 4.88. The number of nitrogens with one attached hydrogen (secondary N) is 3. The van der Waals surface area contributed by atoms with Crippen molar-refractivity contribution in [3.8, 4) is 0 Å². The van der Waals surface area contributed by atoms with Gasteiger partial charge in [0.1, 0.15) is 18.3 Å². The molecule has 8 heteroatoms. The third-order valence-electron chi connectivity index (χ3n) is 7.40. The molecule has 4 rings (SSSR count). The van der Waals surface area contributed by atoms with Gasteiger partial charge in [0.05, 0.1) is 18.7 Å². The molecule has 3 aliphatic rings. The smallest absolute Gasteiger partial charge is 0.247 e. The number of benzene rings is 1. The van der Waals surface area contributed by atoms with Gasteiger partial charge in [0, 0.05) is 6.42 Å².